The number of carbonyl (C=O) groups is 2. The molecule has 21 heavy (non-hydrogen) atoms. The summed E-state index contributed by atoms with van der Waals surface area (Å²) in [6, 6.07) is 2.43. The molecule has 1 amide bonds. The van der Waals surface area contributed by atoms with E-state index in [1.54, 1.807) is 20.8 Å². The molecule has 1 aromatic carbocycles. The van der Waals surface area contributed by atoms with E-state index in [0.717, 1.165) is 13.2 Å². The van der Waals surface area contributed by atoms with Crippen LogP contribution in [0.25, 0.3) is 6.08 Å². The van der Waals surface area contributed by atoms with E-state index < -0.39 is 23.5 Å². The number of hydrogen-bond acceptors (Lipinski definition) is 4. The maximum absolute atomic E-state index is 14.0. The molecule has 0 saturated heterocycles. The lowest BCUT2D eigenvalue weighted by molar-refractivity contribution is 0.0593. The van der Waals surface area contributed by atoms with Crippen molar-refractivity contribution in [3.63, 3.8) is 0 Å². The Hall–Kier alpha value is -2.37. The molecule has 1 aromatic rings. The number of esters is 1. The van der Waals surface area contributed by atoms with Gasteiger partial charge < -0.3 is 9.47 Å². The largest absolute Gasteiger partial charge is 0.465 e. The predicted octanol–water partition coefficient (Wildman–Crippen LogP) is 3.60. The molecule has 0 aliphatic carbocycles. The van der Waals surface area contributed by atoms with Crippen molar-refractivity contribution < 1.29 is 23.5 Å². The average Bonchev–Trinajstić information content (AvgIpc) is 2.34. The van der Waals surface area contributed by atoms with E-state index in [0.29, 0.717) is 0 Å². The summed E-state index contributed by atoms with van der Waals surface area (Å²) in [5.74, 6) is -1.63. The molecule has 0 unspecified atom stereocenters. The van der Waals surface area contributed by atoms with Crippen LogP contribution in [0.5, 0.6) is 0 Å². The van der Waals surface area contributed by atoms with E-state index in [1.165, 1.54) is 12.1 Å². The van der Waals surface area contributed by atoms with Gasteiger partial charge in [-0.2, -0.15) is 0 Å². The number of ether oxygens (including phenoxy) is 2. The Balaban J connectivity index is 3.07. The summed E-state index contributed by atoms with van der Waals surface area (Å²) in [7, 11) is 1.15. The number of benzene rings is 1. The maximum atomic E-state index is 14.0. The number of nitrogens with one attached hydrogen (secondary N) is 1. The van der Waals surface area contributed by atoms with Gasteiger partial charge >= 0.3 is 12.1 Å². The second kappa shape index (κ2) is 6.39. The van der Waals surface area contributed by atoms with Crippen molar-refractivity contribution in [1.82, 2.24) is 0 Å². The van der Waals surface area contributed by atoms with Crippen LogP contribution in [-0.4, -0.2) is 24.8 Å². The summed E-state index contributed by atoms with van der Waals surface area (Å²) in [6.45, 7) is 8.64. The number of halogens is 1. The van der Waals surface area contributed by atoms with Gasteiger partial charge in [0.15, 0.2) is 0 Å². The second-order valence-electron chi connectivity index (χ2n) is 5.24. The molecular weight excluding hydrogens is 277 g/mol. The molecule has 0 atom stereocenters. The molecule has 0 saturated carbocycles. The summed E-state index contributed by atoms with van der Waals surface area (Å²) < 4.78 is 23.6. The summed E-state index contributed by atoms with van der Waals surface area (Å²) in [4.78, 5) is 23.2. The quantitative estimate of drug-likeness (QED) is 0.865. The van der Waals surface area contributed by atoms with Crippen LogP contribution in [0.4, 0.5) is 14.9 Å². The van der Waals surface area contributed by atoms with Gasteiger partial charge in [-0.05, 0) is 38.5 Å². The molecule has 0 radical (unpaired) electrons. The molecular formula is C15H18FNO4. The lowest BCUT2D eigenvalue weighted by Gasteiger charge is -2.20. The zero-order valence-electron chi connectivity index (χ0n) is 12.5. The van der Waals surface area contributed by atoms with Crippen molar-refractivity contribution in [2.75, 3.05) is 12.4 Å². The lowest BCUT2D eigenvalue weighted by Crippen LogP contribution is -2.27. The van der Waals surface area contributed by atoms with Crippen LogP contribution >= 0.6 is 0 Å². The van der Waals surface area contributed by atoms with Crippen molar-refractivity contribution in [3.8, 4) is 0 Å². The lowest BCUT2D eigenvalue weighted by atomic mass is 10.1. The van der Waals surface area contributed by atoms with Gasteiger partial charge in [-0.3, -0.25) is 5.32 Å². The highest BCUT2D eigenvalue weighted by molar-refractivity contribution is 5.95. The first-order valence-electron chi connectivity index (χ1n) is 6.22. The van der Waals surface area contributed by atoms with E-state index in [2.05, 4.69) is 16.6 Å². The minimum absolute atomic E-state index is 0.157. The van der Waals surface area contributed by atoms with Crippen LogP contribution in [0.2, 0.25) is 0 Å². The fourth-order valence-electron chi connectivity index (χ4n) is 1.60. The number of hydrogen-bond donors (Lipinski definition) is 1. The Morgan fingerprint density at radius 1 is 1.33 bits per heavy atom. The zero-order chi connectivity index (χ0) is 16.2. The normalized spacial score (nSPS) is 10.7. The van der Waals surface area contributed by atoms with Crippen molar-refractivity contribution in [1.29, 1.82) is 0 Å². The van der Waals surface area contributed by atoms with Crippen LogP contribution in [0.15, 0.2) is 18.7 Å². The molecule has 0 spiro atoms. The Labute approximate surface area is 122 Å². The van der Waals surface area contributed by atoms with Crippen molar-refractivity contribution in [3.05, 3.63) is 35.7 Å². The number of rotatable bonds is 3. The third-order valence-electron chi connectivity index (χ3n) is 2.38. The van der Waals surface area contributed by atoms with Gasteiger partial charge in [0.25, 0.3) is 0 Å². The predicted molar refractivity (Wildman–Crippen MR) is 77.7 cm³/mol. The SMILES string of the molecule is C=Cc1cc(NC(=O)OC(C)(C)C)cc(F)c1C(=O)OC. The highest BCUT2D eigenvalue weighted by Crippen LogP contribution is 2.22. The molecule has 0 aliphatic rings. The Bertz CT molecular complexity index is 576. The molecule has 6 heteroatoms. The highest BCUT2D eigenvalue weighted by atomic mass is 19.1. The number of amides is 1. The van der Waals surface area contributed by atoms with Crippen molar-refractivity contribution in [2.45, 2.75) is 26.4 Å². The summed E-state index contributed by atoms with van der Waals surface area (Å²) >= 11 is 0. The van der Waals surface area contributed by atoms with Crippen molar-refractivity contribution >= 4 is 23.8 Å². The fourth-order valence-corrected chi connectivity index (χ4v) is 1.60. The van der Waals surface area contributed by atoms with E-state index in [1.807, 2.05) is 0 Å². The summed E-state index contributed by atoms with van der Waals surface area (Å²) in [6.07, 6.45) is 0.582. The molecule has 0 aliphatic heterocycles. The summed E-state index contributed by atoms with van der Waals surface area (Å²) in [5, 5.41) is 2.40. The zero-order valence-corrected chi connectivity index (χ0v) is 12.5. The smallest absolute Gasteiger partial charge is 0.412 e. The van der Waals surface area contributed by atoms with Gasteiger partial charge in [-0.25, -0.2) is 14.0 Å². The number of methoxy groups -OCH3 is 1. The molecule has 1 rings (SSSR count). The van der Waals surface area contributed by atoms with E-state index in [-0.39, 0.29) is 16.8 Å². The topological polar surface area (TPSA) is 64.6 Å². The van der Waals surface area contributed by atoms with Gasteiger partial charge in [-0.15, -0.1) is 0 Å². The Morgan fingerprint density at radius 3 is 2.43 bits per heavy atom. The van der Waals surface area contributed by atoms with Crippen LogP contribution in [0.3, 0.4) is 0 Å². The fraction of sp³-hybridized carbons (Fsp3) is 0.333. The van der Waals surface area contributed by atoms with Crippen LogP contribution in [0.1, 0.15) is 36.7 Å². The van der Waals surface area contributed by atoms with E-state index in [9.17, 15) is 14.0 Å². The molecule has 0 bridgehead atoms. The van der Waals surface area contributed by atoms with Gasteiger partial charge in [-0.1, -0.05) is 12.7 Å². The summed E-state index contributed by atoms with van der Waals surface area (Å²) in [5.41, 5.74) is -0.532. The van der Waals surface area contributed by atoms with Gasteiger partial charge in [0.1, 0.15) is 17.0 Å². The maximum Gasteiger partial charge on any atom is 0.412 e. The van der Waals surface area contributed by atoms with E-state index in [4.69, 9.17) is 4.74 Å². The minimum atomic E-state index is -0.815. The Kier molecular flexibility index (Phi) is 5.07. The third-order valence-corrected chi connectivity index (χ3v) is 2.38. The monoisotopic (exact) mass is 295 g/mol. The molecule has 0 aromatic heterocycles. The molecule has 1 N–H and O–H groups in total. The van der Waals surface area contributed by atoms with Gasteiger partial charge in [0.05, 0.1) is 7.11 Å². The third kappa shape index (κ3) is 4.59. The van der Waals surface area contributed by atoms with Crippen LogP contribution in [-0.2, 0) is 9.47 Å². The van der Waals surface area contributed by atoms with Crippen LogP contribution in [0, 0.1) is 5.82 Å². The average molecular weight is 295 g/mol. The standard InChI is InChI=1S/C15H18FNO4/c1-6-9-7-10(17-14(19)21-15(2,3)4)8-11(16)12(9)13(18)20-5/h6-8H,1H2,2-5H3,(H,17,19). The number of carbonyl (C=O) groups excluding carboxylic acids is 2. The van der Waals surface area contributed by atoms with Crippen LogP contribution < -0.4 is 5.32 Å². The minimum Gasteiger partial charge on any atom is -0.465 e. The molecule has 0 fully saturated rings. The Morgan fingerprint density at radius 2 is 1.95 bits per heavy atom. The van der Waals surface area contributed by atoms with Gasteiger partial charge in [0, 0.05) is 5.69 Å². The second-order valence-corrected chi connectivity index (χ2v) is 5.24. The molecule has 5 nitrogen and oxygen atoms in total. The number of anilines is 1. The first-order valence-corrected chi connectivity index (χ1v) is 6.22. The van der Waals surface area contributed by atoms with E-state index >= 15 is 0 Å². The highest BCUT2D eigenvalue weighted by Gasteiger charge is 2.20. The first kappa shape index (κ1) is 16.7. The molecule has 114 valence electrons. The van der Waals surface area contributed by atoms with Gasteiger partial charge in [0.2, 0.25) is 0 Å². The van der Waals surface area contributed by atoms with Crippen molar-refractivity contribution in [2.24, 2.45) is 0 Å². The first-order chi connectivity index (χ1) is 9.67. The molecule has 0 heterocycles.